The molecule has 0 spiro atoms. The van der Waals surface area contributed by atoms with E-state index in [2.05, 4.69) is 17.2 Å². The number of pyridine rings is 1. The molecular weight excluding hydrogens is 264 g/mol. The zero-order valence-electron chi connectivity index (χ0n) is 10.9. The number of rotatable bonds is 7. The topological polar surface area (TPSA) is 47.3 Å². The summed E-state index contributed by atoms with van der Waals surface area (Å²) in [4.78, 5) is 3.97. The molecule has 19 heavy (non-hydrogen) atoms. The van der Waals surface area contributed by atoms with Gasteiger partial charge in [0.1, 0.15) is 18.1 Å². The molecule has 2 heterocycles. The van der Waals surface area contributed by atoms with Gasteiger partial charge in [0.05, 0.1) is 24.0 Å². The molecule has 0 atom stereocenters. The van der Waals surface area contributed by atoms with Gasteiger partial charge in [0.25, 0.3) is 0 Å². The predicted octanol–water partition coefficient (Wildman–Crippen LogP) is 3.41. The van der Waals surface area contributed by atoms with Gasteiger partial charge in [-0.05, 0) is 19.0 Å². The lowest BCUT2D eigenvalue weighted by Gasteiger charge is -2.07. The third-order valence-electron chi connectivity index (χ3n) is 2.62. The minimum Gasteiger partial charge on any atom is -0.487 e. The molecule has 0 saturated heterocycles. The highest BCUT2D eigenvalue weighted by Gasteiger charge is 2.07. The molecule has 5 heteroatoms. The molecule has 0 aliphatic carbocycles. The van der Waals surface area contributed by atoms with Gasteiger partial charge in [-0.2, -0.15) is 0 Å². The number of hydrogen-bond acceptors (Lipinski definition) is 4. The molecule has 0 saturated carbocycles. The monoisotopic (exact) mass is 280 g/mol. The van der Waals surface area contributed by atoms with Crippen LogP contribution in [-0.2, 0) is 13.2 Å². The average Bonchev–Trinajstić information content (AvgIpc) is 2.84. The zero-order valence-corrected chi connectivity index (χ0v) is 11.6. The van der Waals surface area contributed by atoms with Crippen molar-refractivity contribution in [2.75, 3.05) is 6.54 Å². The first-order chi connectivity index (χ1) is 9.29. The van der Waals surface area contributed by atoms with Gasteiger partial charge in [0.2, 0.25) is 0 Å². The van der Waals surface area contributed by atoms with Gasteiger partial charge in [0.15, 0.2) is 0 Å². The van der Waals surface area contributed by atoms with Crippen LogP contribution in [0.4, 0.5) is 0 Å². The van der Waals surface area contributed by atoms with Gasteiger partial charge in [-0.3, -0.25) is 4.98 Å². The van der Waals surface area contributed by atoms with E-state index in [0.717, 1.165) is 24.3 Å². The van der Waals surface area contributed by atoms with Crippen LogP contribution in [0.15, 0.2) is 35.2 Å². The molecular formula is C14H17ClN2O2. The highest BCUT2D eigenvalue weighted by Crippen LogP contribution is 2.18. The van der Waals surface area contributed by atoms with Crippen LogP contribution in [0.25, 0.3) is 0 Å². The minimum absolute atomic E-state index is 0.446. The Hall–Kier alpha value is -1.52. The maximum absolute atomic E-state index is 5.85. The van der Waals surface area contributed by atoms with Crippen LogP contribution in [0, 0.1) is 0 Å². The number of nitrogens with zero attached hydrogens (tertiary/aromatic N) is 1. The highest BCUT2D eigenvalue weighted by atomic mass is 35.5. The zero-order chi connectivity index (χ0) is 13.5. The predicted molar refractivity (Wildman–Crippen MR) is 74.3 cm³/mol. The van der Waals surface area contributed by atoms with Crippen molar-refractivity contribution in [2.45, 2.75) is 26.5 Å². The lowest BCUT2D eigenvalue weighted by atomic mass is 10.2. The van der Waals surface area contributed by atoms with E-state index in [0.29, 0.717) is 23.9 Å². The Labute approximate surface area is 117 Å². The van der Waals surface area contributed by atoms with Gasteiger partial charge in [0, 0.05) is 17.8 Å². The van der Waals surface area contributed by atoms with Gasteiger partial charge >= 0.3 is 0 Å². The van der Waals surface area contributed by atoms with Crippen molar-refractivity contribution in [2.24, 2.45) is 0 Å². The van der Waals surface area contributed by atoms with Crippen LogP contribution >= 0.6 is 11.6 Å². The molecule has 0 bridgehead atoms. The summed E-state index contributed by atoms with van der Waals surface area (Å²) < 4.78 is 11.1. The van der Waals surface area contributed by atoms with E-state index in [1.165, 1.54) is 0 Å². The number of aromatic nitrogens is 1. The van der Waals surface area contributed by atoms with Crippen LogP contribution in [-0.4, -0.2) is 11.5 Å². The summed E-state index contributed by atoms with van der Waals surface area (Å²) in [6.45, 7) is 4.26. The second-order valence-electron chi connectivity index (χ2n) is 4.17. The van der Waals surface area contributed by atoms with E-state index in [1.807, 2.05) is 6.07 Å². The third kappa shape index (κ3) is 4.26. The molecule has 0 unspecified atom stereocenters. The Bertz CT molecular complexity index is 514. The number of hydrogen-bond donors (Lipinski definition) is 1. The SMILES string of the molecule is CCCNCc1occc1COc1cncc(Cl)c1. The normalized spacial score (nSPS) is 10.6. The third-order valence-corrected chi connectivity index (χ3v) is 2.83. The first-order valence-electron chi connectivity index (χ1n) is 6.29. The van der Waals surface area contributed by atoms with Crippen molar-refractivity contribution >= 4 is 11.6 Å². The second-order valence-corrected chi connectivity index (χ2v) is 4.61. The Morgan fingerprint density at radius 3 is 3.11 bits per heavy atom. The first kappa shape index (κ1) is 13.9. The lowest BCUT2D eigenvalue weighted by molar-refractivity contribution is 0.300. The first-order valence-corrected chi connectivity index (χ1v) is 6.66. The number of nitrogens with one attached hydrogen (secondary N) is 1. The summed E-state index contributed by atoms with van der Waals surface area (Å²) in [5.41, 5.74) is 1.03. The molecule has 0 aliphatic rings. The Kier molecular flexibility index (Phi) is 5.24. The van der Waals surface area contributed by atoms with Crippen molar-refractivity contribution in [3.63, 3.8) is 0 Å². The molecule has 0 amide bonds. The van der Waals surface area contributed by atoms with Crippen molar-refractivity contribution in [1.82, 2.24) is 10.3 Å². The van der Waals surface area contributed by atoms with Crippen molar-refractivity contribution in [3.8, 4) is 5.75 Å². The minimum atomic E-state index is 0.446. The molecule has 2 aromatic heterocycles. The van der Waals surface area contributed by atoms with Crippen LogP contribution in [0.5, 0.6) is 5.75 Å². The number of furan rings is 1. The van der Waals surface area contributed by atoms with Crippen LogP contribution in [0.2, 0.25) is 5.02 Å². The molecule has 2 rings (SSSR count). The van der Waals surface area contributed by atoms with E-state index in [4.69, 9.17) is 20.8 Å². The van der Waals surface area contributed by atoms with Gasteiger partial charge in [-0.15, -0.1) is 0 Å². The van der Waals surface area contributed by atoms with Crippen LogP contribution < -0.4 is 10.1 Å². The van der Waals surface area contributed by atoms with Crippen molar-refractivity contribution in [1.29, 1.82) is 0 Å². The standard InChI is InChI=1S/C14H17ClN2O2/c1-2-4-16-9-14-11(3-5-18-14)10-19-13-6-12(15)7-17-8-13/h3,5-8,16H,2,4,9-10H2,1H3. The maximum atomic E-state index is 5.85. The van der Waals surface area contributed by atoms with Crippen LogP contribution in [0.3, 0.4) is 0 Å². The van der Waals surface area contributed by atoms with Crippen molar-refractivity contribution in [3.05, 3.63) is 47.1 Å². The fourth-order valence-corrected chi connectivity index (χ4v) is 1.83. The molecule has 0 fully saturated rings. The summed E-state index contributed by atoms with van der Waals surface area (Å²) in [7, 11) is 0. The molecule has 0 aliphatic heterocycles. The summed E-state index contributed by atoms with van der Waals surface area (Å²) in [5.74, 6) is 1.56. The van der Waals surface area contributed by atoms with Crippen molar-refractivity contribution < 1.29 is 9.15 Å². The van der Waals surface area contributed by atoms with Gasteiger partial charge < -0.3 is 14.5 Å². The quantitative estimate of drug-likeness (QED) is 0.790. The molecule has 4 nitrogen and oxygen atoms in total. The number of halogens is 1. The Balaban J connectivity index is 1.90. The smallest absolute Gasteiger partial charge is 0.139 e. The van der Waals surface area contributed by atoms with E-state index in [-0.39, 0.29) is 0 Å². The fourth-order valence-electron chi connectivity index (χ4n) is 1.66. The second kappa shape index (κ2) is 7.16. The molecule has 102 valence electrons. The van der Waals surface area contributed by atoms with E-state index in [9.17, 15) is 0 Å². The summed E-state index contributed by atoms with van der Waals surface area (Å²) in [6, 6.07) is 3.66. The van der Waals surface area contributed by atoms with E-state index in [1.54, 1.807) is 24.7 Å². The summed E-state index contributed by atoms with van der Waals surface area (Å²) in [5, 5.41) is 3.87. The Morgan fingerprint density at radius 1 is 1.42 bits per heavy atom. The molecule has 2 aromatic rings. The van der Waals surface area contributed by atoms with E-state index >= 15 is 0 Å². The van der Waals surface area contributed by atoms with Gasteiger partial charge in [-0.1, -0.05) is 18.5 Å². The number of ether oxygens (including phenoxy) is 1. The summed E-state index contributed by atoms with van der Waals surface area (Å²) >= 11 is 5.85. The highest BCUT2D eigenvalue weighted by molar-refractivity contribution is 6.30. The van der Waals surface area contributed by atoms with Gasteiger partial charge in [-0.25, -0.2) is 0 Å². The molecule has 0 radical (unpaired) electrons. The Morgan fingerprint density at radius 2 is 2.32 bits per heavy atom. The summed E-state index contributed by atoms with van der Waals surface area (Å²) in [6.07, 6.45) is 5.99. The van der Waals surface area contributed by atoms with Crippen LogP contribution in [0.1, 0.15) is 24.7 Å². The average molecular weight is 281 g/mol. The largest absolute Gasteiger partial charge is 0.487 e. The maximum Gasteiger partial charge on any atom is 0.139 e. The van der Waals surface area contributed by atoms with E-state index < -0.39 is 0 Å². The molecule has 0 aromatic carbocycles. The lowest BCUT2D eigenvalue weighted by Crippen LogP contribution is -2.14. The fraction of sp³-hybridized carbons (Fsp3) is 0.357. The molecule has 1 N–H and O–H groups in total.